The molecule has 0 aliphatic rings. The predicted molar refractivity (Wildman–Crippen MR) is 49.0 cm³/mol. The maximum Gasteiger partial charge on any atom is 0.309 e. The molecule has 0 aromatic heterocycles. The summed E-state index contributed by atoms with van der Waals surface area (Å²) in [5.74, 6) is -1.12. The number of hydrogen-bond donors (Lipinski definition) is 0. The number of ether oxygens (including phenoxy) is 1. The molecule has 0 aliphatic heterocycles. The molecule has 0 spiro atoms. The molecule has 0 aliphatic carbocycles. The van der Waals surface area contributed by atoms with E-state index in [1.54, 1.807) is 27.9 Å². The van der Waals surface area contributed by atoms with E-state index >= 15 is 0 Å². The topological polar surface area (TPSA) is 46.6 Å². The van der Waals surface area contributed by atoms with Gasteiger partial charge in [0, 0.05) is 20.0 Å². The van der Waals surface area contributed by atoms with E-state index in [2.05, 4.69) is 4.74 Å². The highest BCUT2D eigenvalue weighted by molar-refractivity contribution is 5.84. The van der Waals surface area contributed by atoms with Crippen LogP contribution in [-0.4, -0.2) is 38.0 Å². The van der Waals surface area contributed by atoms with E-state index in [9.17, 15) is 9.59 Å². The lowest BCUT2D eigenvalue weighted by Crippen LogP contribution is -2.34. The van der Waals surface area contributed by atoms with Crippen LogP contribution in [0.5, 0.6) is 0 Å². The fourth-order valence-corrected chi connectivity index (χ4v) is 1.01. The van der Waals surface area contributed by atoms with Crippen LogP contribution in [0.2, 0.25) is 0 Å². The van der Waals surface area contributed by atoms with Gasteiger partial charge in [-0.05, 0) is 0 Å². The van der Waals surface area contributed by atoms with Crippen molar-refractivity contribution in [1.29, 1.82) is 0 Å². The smallest absolute Gasteiger partial charge is 0.309 e. The molecule has 13 heavy (non-hydrogen) atoms. The Bertz CT molecular complexity index is 201. The van der Waals surface area contributed by atoms with Crippen molar-refractivity contribution in [3.05, 3.63) is 0 Å². The molecule has 76 valence electrons. The molecule has 4 heteroatoms. The lowest BCUT2D eigenvalue weighted by molar-refractivity contribution is -0.150. The van der Waals surface area contributed by atoms with Gasteiger partial charge in [-0.15, -0.1) is 0 Å². The van der Waals surface area contributed by atoms with Crippen molar-refractivity contribution in [2.45, 2.75) is 13.8 Å². The highest BCUT2D eigenvalue weighted by Crippen LogP contribution is 2.14. The summed E-state index contributed by atoms with van der Waals surface area (Å²) in [7, 11) is 4.66. The number of hydrogen-bond acceptors (Lipinski definition) is 3. The summed E-state index contributed by atoms with van der Waals surface area (Å²) in [6.45, 7) is 3.42. The van der Waals surface area contributed by atoms with Gasteiger partial charge in [0.1, 0.15) is 0 Å². The number of methoxy groups -OCH3 is 1. The molecule has 0 rings (SSSR count). The number of nitrogens with zero attached hydrogens (tertiary/aromatic N) is 1. The van der Waals surface area contributed by atoms with Crippen molar-refractivity contribution in [3.63, 3.8) is 0 Å². The van der Waals surface area contributed by atoms with Crippen LogP contribution < -0.4 is 0 Å². The van der Waals surface area contributed by atoms with Crippen LogP contribution in [0.25, 0.3) is 0 Å². The van der Waals surface area contributed by atoms with E-state index < -0.39 is 0 Å². The van der Waals surface area contributed by atoms with Crippen molar-refractivity contribution in [3.8, 4) is 0 Å². The monoisotopic (exact) mass is 187 g/mol. The Morgan fingerprint density at radius 3 is 1.92 bits per heavy atom. The second-order valence-corrected chi connectivity index (χ2v) is 3.33. The first kappa shape index (κ1) is 11.9. The van der Waals surface area contributed by atoms with Crippen LogP contribution in [-0.2, 0) is 14.3 Å². The summed E-state index contributed by atoms with van der Waals surface area (Å²) in [6, 6.07) is 0. The zero-order valence-corrected chi connectivity index (χ0v) is 8.83. The van der Waals surface area contributed by atoms with Gasteiger partial charge in [-0.1, -0.05) is 13.8 Å². The average Bonchev–Trinajstić information content (AvgIpc) is 2.12. The molecule has 0 saturated carbocycles. The van der Waals surface area contributed by atoms with Gasteiger partial charge >= 0.3 is 5.97 Å². The third kappa shape index (κ3) is 3.05. The molecule has 0 bridgehead atoms. The van der Waals surface area contributed by atoms with Crippen LogP contribution in [0, 0.1) is 11.8 Å². The first-order valence-electron chi connectivity index (χ1n) is 4.20. The Morgan fingerprint density at radius 1 is 1.15 bits per heavy atom. The second kappa shape index (κ2) is 4.84. The van der Waals surface area contributed by atoms with Crippen LogP contribution in [0.3, 0.4) is 0 Å². The van der Waals surface area contributed by atoms with E-state index in [1.165, 1.54) is 12.0 Å². The largest absolute Gasteiger partial charge is 0.469 e. The highest BCUT2D eigenvalue weighted by atomic mass is 16.5. The number of amides is 1. The van der Waals surface area contributed by atoms with Crippen molar-refractivity contribution in [1.82, 2.24) is 4.90 Å². The van der Waals surface area contributed by atoms with Crippen molar-refractivity contribution in [2.75, 3.05) is 21.2 Å². The summed E-state index contributed by atoms with van der Waals surface area (Å²) >= 11 is 0. The van der Waals surface area contributed by atoms with E-state index in [0.717, 1.165) is 0 Å². The normalized spacial score (nSPS) is 14.5. The molecule has 0 heterocycles. The molecule has 1 amide bonds. The van der Waals surface area contributed by atoms with Gasteiger partial charge in [-0.3, -0.25) is 9.59 Å². The Labute approximate surface area is 78.9 Å². The number of carbonyl (C=O) groups excluding carboxylic acids is 2. The van der Waals surface area contributed by atoms with Gasteiger partial charge in [0.15, 0.2) is 0 Å². The average molecular weight is 187 g/mol. The molecule has 0 saturated heterocycles. The quantitative estimate of drug-likeness (QED) is 0.605. The Morgan fingerprint density at radius 2 is 1.62 bits per heavy atom. The van der Waals surface area contributed by atoms with Gasteiger partial charge in [-0.2, -0.15) is 0 Å². The lowest BCUT2D eigenvalue weighted by Gasteiger charge is -2.20. The first-order chi connectivity index (χ1) is 5.91. The van der Waals surface area contributed by atoms with E-state index in [-0.39, 0.29) is 23.7 Å². The summed E-state index contributed by atoms with van der Waals surface area (Å²) in [6.07, 6.45) is 0. The molecule has 0 aromatic carbocycles. The van der Waals surface area contributed by atoms with Crippen molar-refractivity contribution in [2.24, 2.45) is 11.8 Å². The third-order valence-corrected chi connectivity index (χ3v) is 2.15. The van der Waals surface area contributed by atoms with E-state index in [0.29, 0.717) is 0 Å². The summed E-state index contributed by atoms with van der Waals surface area (Å²) in [4.78, 5) is 24.0. The number of rotatable bonds is 3. The van der Waals surface area contributed by atoms with E-state index in [1.807, 2.05) is 0 Å². The second-order valence-electron chi connectivity index (χ2n) is 3.33. The summed E-state index contributed by atoms with van der Waals surface area (Å²) < 4.78 is 4.55. The SMILES string of the molecule is COC(=O)C(C)C(C)C(=O)N(C)C. The Kier molecular flexibility index (Phi) is 4.45. The minimum absolute atomic E-state index is 0.0575. The highest BCUT2D eigenvalue weighted by Gasteiger charge is 2.27. The molecule has 0 fully saturated rings. The maximum absolute atomic E-state index is 11.4. The van der Waals surface area contributed by atoms with Crippen LogP contribution in [0.15, 0.2) is 0 Å². The van der Waals surface area contributed by atoms with Gasteiger partial charge in [0.25, 0.3) is 0 Å². The molecule has 0 N–H and O–H groups in total. The third-order valence-electron chi connectivity index (χ3n) is 2.15. The molecule has 0 radical (unpaired) electrons. The van der Waals surface area contributed by atoms with Crippen LogP contribution in [0.1, 0.15) is 13.8 Å². The minimum atomic E-state index is -0.389. The van der Waals surface area contributed by atoms with Gasteiger partial charge in [0.2, 0.25) is 5.91 Å². The minimum Gasteiger partial charge on any atom is -0.469 e. The number of carbonyl (C=O) groups is 2. The van der Waals surface area contributed by atoms with Crippen LogP contribution >= 0.6 is 0 Å². The molecule has 4 nitrogen and oxygen atoms in total. The summed E-state index contributed by atoms with van der Waals surface area (Å²) in [5, 5.41) is 0. The molecular formula is C9H17NO3. The molecule has 0 aromatic rings. The number of esters is 1. The zero-order chi connectivity index (χ0) is 10.6. The molecule has 2 unspecified atom stereocenters. The maximum atomic E-state index is 11.4. The fourth-order valence-electron chi connectivity index (χ4n) is 1.01. The fraction of sp³-hybridized carbons (Fsp3) is 0.778. The molecule has 2 atom stereocenters. The standard InChI is InChI=1S/C9H17NO3/c1-6(8(11)10(3)4)7(2)9(12)13-5/h6-7H,1-5H3. The predicted octanol–water partition coefficient (Wildman–Crippen LogP) is 0.520. The summed E-state index contributed by atoms with van der Waals surface area (Å²) in [5.41, 5.74) is 0. The van der Waals surface area contributed by atoms with Crippen molar-refractivity contribution < 1.29 is 14.3 Å². The lowest BCUT2D eigenvalue weighted by atomic mass is 9.95. The van der Waals surface area contributed by atoms with Gasteiger partial charge < -0.3 is 9.64 Å². The van der Waals surface area contributed by atoms with Gasteiger partial charge in [-0.25, -0.2) is 0 Å². The first-order valence-corrected chi connectivity index (χ1v) is 4.20. The van der Waals surface area contributed by atoms with E-state index in [4.69, 9.17) is 0 Å². The van der Waals surface area contributed by atoms with Gasteiger partial charge in [0.05, 0.1) is 13.0 Å². The molecular weight excluding hydrogens is 170 g/mol. The van der Waals surface area contributed by atoms with Crippen LogP contribution in [0.4, 0.5) is 0 Å². The van der Waals surface area contributed by atoms with Crippen molar-refractivity contribution >= 4 is 11.9 Å². The Balaban J connectivity index is 4.33. The zero-order valence-electron chi connectivity index (χ0n) is 8.83. The Hall–Kier alpha value is -1.06.